The topological polar surface area (TPSA) is 55.6 Å². The van der Waals surface area contributed by atoms with Gasteiger partial charge in [-0.15, -0.1) is 0 Å². The van der Waals surface area contributed by atoms with E-state index in [-0.39, 0.29) is 11.8 Å². The molecule has 1 amide bonds. The molecule has 0 saturated heterocycles. The maximum absolute atomic E-state index is 11.9. The molecule has 0 spiro atoms. The Morgan fingerprint density at radius 3 is 2.63 bits per heavy atom. The van der Waals surface area contributed by atoms with Crippen LogP contribution < -0.4 is 10.5 Å². The summed E-state index contributed by atoms with van der Waals surface area (Å²) >= 11 is 5.97. The van der Waals surface area contributed by atoms with Crippen LogP contribution in [0.15, 0.2) is 24.3 Å². The number of nitrogens with two attached hydrogens (primary N) is 1. The molecule has 1 atom stereocenters. The number of para-hydroxylation sites is 1. The fourth-order valence-corrected chi connectivity index (χ4v) is 1.69. The molecule has 1 aromatic rings. The predicted molar refractivity (Wildman–Crippen MR) is 77.4 cm³/mol. The summed E-state index contributed by atoms with van der Waals surface area (Å²) in [7, 11) is 1.72. The number of amides is 1. The van der Waals surface area contributed by atoms with Crippen molar-refractivity contribution >= 4 is 17.5 Å². The summed E-state index contributed by atoms with van der Waals surface area (Å²) in [6.07, 6.45) is 0. The highest BCUT2D eigenvalue weighted by molar-refractivity contribution is 6.32. The van der Waals surface area contributed by atoms with Crippen LogP contribution in [-0.2, 0) is 4.79 Å². The van der Waals surface area contributed by atoms with E-state index in [9.17, 15) is 4.79 Å². The van der Waals surface area contributed by atoms with Crippen molar-refractivity contribution < 1.29 is 9.53 Å². The number of hydrogen-bond donors (Lipinski definition) is 1. The third kappa shape index (κ3) is 4.73. The molecule has 0 radical (unpaired) electrons. The molecule has 0 saturated carbocycles. The molecule has 4 nitrogen and oxygen atoms in total. The molecule has 19 heavy (non-hydrogen) atoms. The summed E-state index contributed by atoms with van der Waals surface area (Å²) in [5, 5.41) is 0.565. The van der Waals surface area contributed by atoms with Gasteiger partial charge in [0.2, 0.25) is 5.91 Å². The van der Waals surface area contributed by atoms with E-state index in [0.717, 1.165) is 0 Å². The highest BCUT2D eigenvalue weighted by Gasteiger charge is 2.20. The zero-order valence-electron chi connectivity index (χ0n) is 11.6. The molecule has 0 unspecified atom stereocenters. The molecule has 2 N–H and O–H groups in total. The van der Waals surface area contributed by atoms with E-state index in [1.54, 1.807) is 24.1 Å². The van der Waals surface area contributed by atoms with Gasteiger partial charge < -0.3 is 15.4 Å². The van der Waals surface area contributed by atoms with E-state index in [1.165, 1.54) is 0 Å². The second kappa shape index (κ2) is 7.36. The third-order valence-electron chi connectivity index (χ3n) is 2.90. The van der Waals surface area contributed by atoms with Crippen molar-refractivity contribution in [2.24, 2.45) is 11.7 Å². The summed E-state index contributed by atoms with van der Waals surface area (Å²) in [4.78, 5) is 13.5. The molecule has 106 valence electrons. The van der Waals surface area contributed by atoms with Crippen LogP contribution in [0.1, 0.15) is 13.8 Å². The number of likely N-dealkylation sites (N-methyl/N-ethyl adjacent to an activating group) is 1. The lowest BCUT2D eigenvalue weighted by atomic mass is 10.0. The Hall–Kier alpha value is -1.26. The number of ether oxygens (including phenoxy) is 1. The highest BCUT2D eigenvalue weighted by atomic mass is 35.5. The third-order valence-corrected chi connectivity index (χ3v) is 3.21. The van der Waals surface area contributed by atoms with E-state index in [0.29, 0.717) is 23.9 Å². The number of hydrogen-bond acceptors (Lipinski definition) is 3. The quantitative estimate of drug-likeness (QED) is 0.871. The number of carbonyl (C=O) groups is 1. The second-order valence-corrected chi connectivity index (χ2v) is 5.22. The van der Waals surface area contributed by atoms with E-state index in [4.69, 9.17) is 22.1 Å². The van der Waals surface area contributed by atoms with Gasteiger partial charge >= 0.3 is 0 Å². The Labute approximate surface area is 119 Å². The summed E-state index contributed by atoms with van der Waals surface area (Å²) < 4.78 is 5.53. The van der Waals surface area contributed by atoms with Crippen LogP contribution in [-0.4, -0.2) is 37.0 Å². The lowest BCUT2D eigenvalue weighted by molar-refractivity contribution is -0.132. The van der Waals surface area contributed by atoms with Crippen molar-refractivity contribution in [2.75, 3.05) is 20.2 Å². The summed E-state index contributed by atoms with van der Waals surface area (Å²) in [6, 6.07) is 6.78. The first kappa shape index (κ1) is 15.8. The molecular weight excluding hydrogens is 264 g/mol. The van der Waals surface area contributed by atoms with Crippen molar-refractivity contribution in [1.82, 2.24) is 4.90 Å². The normalized spacial score (nSPS) is 12.3. The zero-order chi connectivity index (χ0) is 14.4. The summed E-state index contributed by atoms with van der Waals surface area (Å²) in [6.45, 7) is 4.72. The number of nitrogens with zero attached hydrogens (tertiary/aromatic N) is 1. The lowest BCUT2D eigenvalue weighted by Crippen LogP contribution is -2.46. The standard InChI is InChI=1S/C14H21ClN2O2/c1-10(2)13(16)14(18)17(3)8-9-19-12-7-5-4-6-11(12)15/h4-7,10,13H,8-9,16H2,1-3H3/t13-/m0/s1. The maximum atomic E-state index is 11.9. The van der Waals surface area contributed by atoms with Crippen molar-refractivity contribution in [2.45, 2.75) is 19.9 Å². The van der Waals surface area contributed by atoms with E-state index >= 15 is 0 Å². The smallest absolute Gasteiger partial charge is 0.239 e. The average molecular weight is 285 g/mol. The van der Waals surface area contributed by atoms with Gasteiger partial charge in [0.05, 0.1) is 17.6 Å². The SMILES string of the molecule is CC(C)[C@H](N)C(=O)N(C)CCOc1ccccc1Cl. The molecular formula is C14H21ClN2O2. The molecule has 0 aliphatic rings. The van der Waals surface area contributed by atoms with Crippen LogP contribution in [0, 0.1) is 5.92 Å². The molecule has 0 fully saturated rings. The molecule has 1 rings (SSSR count). The maximum Gasteiger partial charge on any atom is 0.239 e. The first-order valence-electron chi connectivity index (χ1n) is 6.31. The monoisotopic (exact) mass is 284 g/mol. The molecule has 0 heterocycles. The molecule has 0 bridgehead atoms. The minimum atomic E-state index is -0.467. The van der Waals surface area contributed by atoms with Gasteiger partial charge in [0.1, 0.15) is 12.4 Å². The van der Waals surface area contributed by atoms with Crippen molar-refractivity contribution in [1.29, 1.82) is 0 Å². The summed E-state index contributed by atoms with van der Waals surface area (Å²) in [5.74, 6) is 0.676. The fourth-order valence-electron chi connectivity index (χ4n) is 1.50. The largest absolute Gasteiger partial charge is 0.490 e. The van der Waals surface area contributed by atoms with Gasteiger partial charge in [0.15, 0.2) is 0 Å². The Bertz CT molecular complexity index is 424. The van der Waals surface area contributed by atoms with Crippen LogP contribution in [0.4, 0.5) is 0 Å². The van der Waals surface area contributed by atoms with Crippen molar-refractivity contribution in [3.63, 3.8) is 0 Å². The Kier molecular flexibility index (Phi) is 6.12. The first-order valence-corrected chi connectivity index (χ1v) is 6.69. The molecule has 0 aromatic heterocycles. The second-order valence-electron chi connectivity index (χ2n) is 4.81. The predicted octanol–water partition coefficient (Wildman–Crippen LogP) is 2.16. The van der Waals surface area contributed by atoms with Crippen LogP contribution in [0.25, 0.3) is 0 Å². The van der Waals surface area contributed by atoms with Gasteiger partial charge in [0.25, 0.3) is 0 Å². The van der Waals surface area contributed by atoms with Crippen LogP contribution in [0.2, 0.25) is 5.02 Å². The molecule has 0 aliphatic heterocycles. The number of benzene rings is 1. The minimum absolute atomic E-state index is 0.0715. The van der Waals surface area contributed by atoms with Crippen LogP contribution >= 0.6 is 11.6 Å². The van der Waals surface area contributed by atoms with Crippen LogP contribution in [0.3, 0.4) is 0 Å². The fraction of sp³-hybridized carbons (Fsp3) is 0.500. The zero-order valence-corrected chi connectivity index (χ0v) is 12.4. The Morgan fingerprint density at radius 1 is 1.42 bits per heavy atom. The average Bonchev–Trinajstić information content (AvgIpc) is 2.38. The lowest BCUT2D eigenvalue weighted by Gasteiger charge is -2.23. The van der Waals surface area contributed by atoms with Crippen molar-refractivity contribution in [3.8, 4) is 5.75 Å². The minimum Gasteiger partial charge on any atom is -0.490 e. The van der Waals surface area contributed by atoms with Gasteiger partial charge in [-0.1, -0.05) is 37.6 Å². The van der Waals surface area contributed by atoms with Gasteiger partial charge in [0, 0.05) is 7.05 Å². The van der Waals surface area contributed by atoms with E-state index < -0.39 is 6.04 Å². The van der Waals surface area contributed by atoms with E-state index in [1.807, 2.05) is 26.0 Å². The molecule has 5 heteroatoms. The number of carbonyl (C=O) groups excluding carboxylic acids is 1. The summed E-state index contributed by atoms with van der Waals surface area (Å²) in [5.41, 5.74) is 5.81. The van der Waals surface area contributed by atoms with Gasteiger partial charge in [-0.2, -0.15) is 0 Å². The van der Waals surface area contributed by atoms with Crippen LogP contribution in [0.5, 0.6) is 5.75 Å². The van der Waals surface area contributed by atoms with Gasteiger partial charge in [-0.05, 0) is 18.1 Å². The van der Waals surface area contributed by atoms with Gasteiger partial charge in [-0.25, -0.2) is 0 Å². The molecule has 1 aromatic carbocycles. The molecule has 0 aliphatic carbocycles. The Morgan fingerprint density at radius 2 is 2.05 bits per heavy atom. The van der Waals surface area contributed by atoms with Gasteiger partial charge in [-0.3, -0.25) is 4.79 Å². The number of halogens is 1. The highest BCUT2D eigenvalue weighted by Crippen LogP contribution is 2.22. The number of rotatable bonds is 6. The first-order chi connectivity index (χ1) is 8.93. The van der Waals surface area contributed by atoms with Crippen molar-refractivity contribution in [3.05, 3.63) is 29.3 Å². The van der Waals surface area contributed by atoms with E-state index in [2.05, 4.69) is 0 Å². The Balaban J connectivity index is 2.41.